The van der Waals surface area contributed by atoms with Gasteiger partial charge >= 0.3 is 0 Å². The number of likely N-dealkylation sites (tertiary alicyclic amines) is 1. The SMILES string of the molecule is Cc1ccc2c(C(=O)Nc3nn[nH]n3)cc(=O)n(CCN3CCC(NCc4ccc5c(c4)OCCO5)CC3)c2c1. The van der Waals surface area contributed by atoms with Gasteiger partial charge in [-0.2, -0.15) is 5.21 Å². The highest BCUT2D eigenvalue weighted by molar-refractivity contribution is 6.11. The van der Waals surface area contributed by atoms with Crippen LogP contribution in [-0.4, -0.2) is 74.9 Å². The lowest BCUT2D eigenvalue weighted by Crippen LogP contribution is -2.43. The van der Waals surface area contributed by atoms with Crippen molar-refractivity contribution < 1.29 is 14.3 Å². The minimum atomic E-state index is -0.453. The summed E-state index contributed by atoms with van der Waals surface area (Å²) >= 11 is 0. The number of nitrogens with one attached hydrogen (secondary N) is 3. The van der Waals surface area contributed by atoms with E-state index in [0.29, 0.717) is 31.2 Å². The highest BCUT2D eigenvalue weighted by Crippen LogP contribution is 2.30. The van der Waals surface area contributed by atoms with Gasteiger partial charge in [0.15, 0.2) is 11.5 Å². The van der Waals surface area contributed by atoms with E-state index in [9.17, 15) is 9.59 Å². The molecule has 0 unspecified atom stereocenters. The molecule has 0 bridgehead atoms. The number of pyridine rings is 1. The van der Waals surface area contributed by atoms with Crippen LogP contribution < -0.4 is 25.7 Å². The Morgan fingerprint density at radius 2 is 1.88 bits per heavy atom. The molecule has 12 nitrogen and oxygen atoms in total. The number of aromatic amines is 1. The molecule has 0 radical (unpaired) electrons. The van der Waals surface area contributed by atoms with Gasteiger partial charge in [0.25, 0.3) is 17.4 Å². The number of aromatic nitrogens is 5. The third-order valence-electron chi connectivity index (χ3n) is 7.51. The van der Waals surface area contributed by atoms with Crippen molar-refractivity contribution in [2.45, 2.75) is 38.9 Å². The second-order valence-electron chi connectivity index (χ2n) is 10.2. The largest absolute Gasteiger partial charge is 0.486 e. The Hall–Kier alpha value is -4.29. The highest BCUT2D eigenvalue weighted by Gasteiger charge is 2.21. The third-order valence-corrected chi connectivity index (χ3v) is 7.51. The van der Waals surface area contributed by atoms with E-state index in [1.807, 2.05) is 31.2 Å². The lowest BCUT2D eigenvalue weighted by Gasteiger charge is -2.32. The van der Waals surface area contributed by atoms with Gasteiger partial charge in [0.1, 0.15) is 13.2 Å². The van der Waals surface area contributed by atoms with E-state index in [1.165, 1.54) is 11.6 Å². The Labute approximate surface area is 230 Å². The zero-order chi connectivity index (χ0) is 27.5. The summed E-state index contributed by atoms with van der Waals surface area (Å²) < 4.78 is 13.1. The Kier molecular flexibility index (Phi) is 7.43. The first kappa shape index (κ1) is 26.0. The molecule has 0 aliphatic carbocycles. The molecular formula is C28H32N8O4. The fourth-order valence-corrected chi connectivity index (χ4v) is 5.35. The molecule has 3 N–H and O–H groups in total. The molecule has 2 aromatic carbocycles. The summed E-state index contributed by atoms with van der Waals surface area (Å²) in [6.45, 7) is 7.15. The first-order chi connectivity index (χ1) is 19.5. The maximum atomic E-state index is 13.2. The standard InChI is InChI=1S/C28H32N8O4/c1-18-2-4-21-22(27(38)30-28-31-33-34-32-28)16-26(37)36(23(21)14-18)11-10-35-8-6-20(7-9-35)29-17-19-3-5-24-25(15-19)40-13-12-39-24/h2-5,14-16,20,29H,6-13,17H2,1H3,(H2,30,31,32,33,34,38). The smallest absolute Gasteiger partial charge is 0.270 e. The molecule has 2 aliphatic heterocycles. The topological polar surface area (TPSA) is 139 Å². The molecule has 4 aromatic rings. The highest BCUT2D eigenvalue weighted by atomic mass is 16.6. The molecule has 6 rings (SSSR count). The van der Waals surface area contributed by atoms with Crippen LogP contribution in [0.2, 0.25) is 0 Å². The van der Waals surface area contributed by atoms with Crippen LogP contribution >= 0.6 is 0 Å². The summed E-state index contributed by atoms with van der Waals surface area (Å²) in [6.07, 6.45) is 2.07. The number of carbonyl (C=O) groups excluding carboxylic acids is 1. The van der Waals surface area contributed by atoms with Crippen LogP contribution in [0.5, 0.6) is 11.5 Å². The van der Waals surface area contributed by atoms with Crippen LogP contribution in [0.15, 0.2) is 47.3 Å². The second-order valence-corrected chi connectivity index (χ2v) is 10.2. The number of ether oxygens (including phenoxy) is 2. The Bertz CT molecular complexity index is 1560. The summed E-state index contributed by atoms with van der Waals surface area (Å²) in [5.74, 6) is 1.23. The molecule has 0 spiro atoms. The molecule has 1 saturated heterocycles. The van der Waals surface area contributed by atoms with Gasteiger partial charge in [0.05, 0.1) is 11.1 Å². The van der Waals surface area contributed by atoms with Crippen molar-refractivity contribution in [1.82, 2.24) is 35.4 Å². The van der Waals surface area contributed by atoms with E-state index in [2.05, 4.69) is 48.3 Å². The number of piperidine rings is 1. The fourth-order valence-electron chi connectivity index (χ4n) is 5.35. The number of hydrogen-bond donors (Lipinski definition) is 3. The van der Waals surface area contributed by atoms with Gasteiger partial charge < -0.3 is 24.3 Å². The maximum Gasteiger partial charge on any atom is 0.270 e. The normalized spacial score (nSPS) is 15.8. The number of rotatable bonds is 8. The number of anilines is 1. The minimum Gasteiger partial charge on any atom is -0.486 e. The van der Waals surface area contributed by atoms with Gasteiger partial charge in [0, 0.05) is 37.1 Å². The predicted molar refractivity (Wildman–Crippen MR) is 149 cm³/mol. The molecular weight excluding hydrogens is 512 g/mol. The van der Waals surface area contributed by atoms with Crippen molar-refractivity contribution in [2.75, 3.05) is 38.2 Å². The lowest BCUT2D eigenvalue weighted by atomic mass is 10.0. The molecule has 4 heterocycles. The second kappa shape index (κ2) is 11.4. The van der Waals surface area contributed by atoms with E-state index in [4.69, 9.17) is 9.47 Å². The van der Waals surface area contributed by atoms with Gasteiger partial charge in [-0.3, -0.25) is 14.9 Å². The van der Waals surface area contributed by atoms with Crippen molar-refractivity contribution in [3.8, 4) is 11.5 Å². The fraction of sp³-hybridized carbons (Fsp3) is 0.393. The zero-order valence-electron chi connectivity index (χ0n) is 22.4. The molecule has 2 aromatic heterocycles. The van der Waals surface area contributed by atoms with E-state index in [-0.39, 0.29) is 17.1 Å². The number of aryl methyl sites for hydroxylation is 1. The van der Waals surface area contributed by atoms with Gasteiger partial charge in [0.2, 0.25) is 0 Å². The zero-order valence-corrected chi connectivity index (χ0v) is 22.4. The number of benzene rings is 2. The van der Waals surface area contributed by atoms with Crippen LogP contribution in [0.4, 0.5) is 5.95 Å². The van der Waals surface area contributed by atoms with E-state index in [1.54, 1.807) is 4.57 Å². The third kappa shape index (κ3) is 5.68. The van der Waals surface area contributed by atoms with E-state index < -0.39 is 5.91 Å². The molecule has 12 heteroatoms. The summed E-state index contributed by atoms with van der Waals surface area (Å²) in [6, 6.07) is 13.7. The average Bonchev–Trinajstić information content (AvgIpc) is 3.48. The Morgan fingerprint density at radius 1 is 1.05 bits per heavy atom. The molecule has 0 saturated carbocycles. The van der Waals surface area contributed by atoms with Gasteiger partial charge in [-0.15, -0.1) is 5.10 Å². The Balaban J connectivity index is 1.07. The number of nitrogens with zero attached hydrogens (tertiary/aromatic N) is 5. The van der Waals surface area contributed by atoms with Crippen molar-refractivity contribution in [1.29, 1.82) is 0 Å². The molecule has 208 valence electrons. The van der Waals surface area contributed by atoms with Crippen molar-refractivity contribution >= 4 is 22.8 Å². The summed E-state index contributed by atoms with van der Waals surface area (Å²) in [5, 5.41) is 20.2. The van der Waals surface area contributed by atoms with Crippen molar-refractivity contribution in [3.63, 3.8) is 0 Å². The number of carbonyl (C=O) groups is 1. The van der Waals surface area contributed by atoms with Crippen molar-refractivity contribution in [3.05, 3.63) is 69.5 Å². The summed E-state index contributed by atoms with van der Waals surface area (Å²) in [4.78, 5) is 28.5. The molecule has 40 heavy (non-hydrogen) atoms. The van der Waals surface area contributed by atoms with E-state index in [0.717, 1.165) is 61.6 Å². The van der Waals surface area contributed by atoms with Crippen LogP contribution in [0.1, 0.15) is 34.3 Å². The lowest BCUT2D eigenvalue weighted by molar-refractivity contribution is 0.102. The number of tetrazole rings is 1. The number of hydrogen-bond acceptors (Lipinski definition) is 9. The quantitative estimate of drug-likeness (QED) is 0.304. The maximum absolute atomic E-state index is 13.2. The molecule has 1 amide bonds. The predicted octanol–water partition coefficient (Wildman–Crippen LogP) is 2.10. The first-order valence-electron chi connectivity index (χ1n) is 13.6. The van der Waals surface area contributed by atoms with Gasteiger partial charge in [-0.1, -0.05) is 23.3 Å². The van der Waals surface area contributed by atoms with E-state index >= 15 is 0 Å². The number of H-pyrrole nitrogens is 1. The number of amides is 1. The van der Waals surface area contributed by atoms with Crippen LogP contribution in [0, 0.1) is 6.92 Å². The number of fused-ring (bicyclic) bond motifs is 2. The van der Waals surface area contributed by atoms with Crippen molar-refractivity contribution in [2.24, 2.45) is 0 Å². The van der Waals surface area contributed by atoms with Gasteiger partial charge in [-0.05, 0) is 67.4 Å². The summed E-state index contributed by atoms with van der Waals surface area (Å²) in [7, 11) is 0. The molecule has 1 fully saturated rings. The Morgan fingerprint density at radius 3 is 2.67 bits per heavy atom. The monoisotopic (exact) mass is 544 g/mol. The minimum absolute atomic E-state index is 0.0543. The van der Waals surface area contributed by atoms with Crippen LogP contribution in [-0.2, 0) is 13.1 Å². The molecule has 0 atom stereocenters. The first-order valence-corrected chi connectivity index (χ1v) is 13.6. The summed E-state index contributed by atoms with van der Waals surface area (Å²) in [5.41, 5.74) is 3.00. The average molecular weight is 545 g/mol. The van der Waals surface area contributed by atoms with Crippen LogP contribution in [0.25, 0.3) is 10.9 Å². The van der Waals surface area contributed by atoms with Gasteiger partial charge in [-0.25, -0.2) is 0 Å². The molecule has 2 aliphatic rings. The van der Waals surface area contributed by atoms with Crippen LogP contribution in [0.3, 0.4) is 0 Å².